The Hall–Kier alpha value is -1.02. The summed E-state index contributed by atoms with van der Waals surface area (Å²) in [6.07, 6.45) is 71.2. The molecule has 0 aliphatic carbocycles. The lowest BCUT2D eigenvalue weighted by Gasteiger charge is -2.24. The Labute approximate surface area is 455 Å². The largest absolute Gasteiger partial charge is 0.472 e. The van der Waals surface area contributed by atoms with Gasteiger partial charge in [0.1, 0.15) is 19.3 Å². The second kappa shape index (κ2) is 57.2. The molecule has 2 unspecified atom stereocenters. The Morgan fingerprint density at radius 1 is 0.425 bits per heavy atom. The van der Waals surface area contributed by atoms with Gasteiger partial charge in [0.15, 0.2) is 0 Å². The number of phosphoric ester groups is 1. The summed E-state index contributed by atoms with van der Waals surface area (Å²) < 4.78 is 35.4. The number of esters is 1. The molecule has 0 aliphatic rings. The molecule has 0 aliphatic heterocycles. The van der Waals surface area contributed by atoms with E-state index in [-0.39, 0.29) is 25.8 Å². The van der Waals surface area contributed by atoms with Crippen LogP contribution in [0.4, 0.5) is 0 Å². The number of hydrogen-bond donors (Lipinski definition) is 1. The van der Waals surface area contributed by atoms with Crippen molar-refractivity contribution in [2.75, 3.05) is 54.1 Å². The van der Waals surface area contributed by atoms with Gasteiger partial charge in [0.2, 0.25) is 0 Å². The minimum absolute atomic E-state index is 0.0917. The summed E-state index contributed by atoms with van der Waals surface area (Å²) in [5, 5.41) is 0. The number of nitrogens with zero attached hydrogens (tertiary/aromatic N) is 1. The van der Waals surface area contributed by atoms with E-state index < -0.39 is 13.9 Å². The number of unbranched alkanes of at least 4 members (excludes halogenated alkanes) is 43. The minimum atomic E-state index is -4.28. The monoisotopic (exact) mass is 1050 g/mol. The Kier molecular flexibility index (Phi) is 56.4. The molecule has 8 nitrogen and oxygen atoms in total. The van der Waals surface area contributed by atoms with Gasteiger partial charge in [-0.2, -0.15) is 0 Å². The number of allylic oxidation sites excluding steroid dienone is 4. The molecular formula is C64H127NO7P+. The predicted molar refractivity (Wildman–Crippen MR) is 317 cm³/mol. The molecule has 434 valence electrons. The summed E-state index contributed by atoms with van der Waals surface area (Å²) in [4.78, 5) is 23.1. The van der Waals surface area contributed by atoms with Gasteiger partial charge in [-0.3, -0.25) is 13.8 Å². The van der Waals surface area contributed by atoms with E-state index in [9.17, 15) is 14.3 Å². The first-order chi connectivity index (χ1) is 35.6. The Balaban J connectivity index is 3.97. The van der Waals surface area contributed by atoms with E-state index in [1.807, 2.05) is 21.1 Å². The van der Waals surface area contributed by atoms with E-state index >= 15 is 0 Å². The van der Waals surface area contributed by atoms with Crippen LogP contribution in [-0.4, -0.2) is 75.6 Å². The number of likely N-dealkylation sites (N-methyl/N-ethyl adjacent to an activating group) is 1. The SMILES string of the molecule is CCCCCCC/C=C\C/C=C\CCCCCCCCCCCCCCCC(=O)OC(COCCCCCCCCCCCCCCCCCCCCCCCCCCCC)COP(=O)(O)OCC[N+](C)(C)C. The molecule has 0 rings (SSSR count). The molecular weight excluding hydrogens is 926 g/mol. The molecule has 0 radical (unpaired) electrons. The molecule has 0 saturated heterocycles. The number of carbonyl (C=O) groups excluding carboxylic acids is 1. The van der Waals surface area contributed by atoms with E-state index in [1.54, 1.807) is 0 Å². The third-order valence-corrected chi connectivity index (χ3v) is 15.5. The molecule has 0 aromatic carbocycles. The highest BCUT2D eigenvalue weighted by molar-refractivity contribution is 7.47. The quantitative estimate of drug-likeness (QED) is 0.0213. The average Bonchev–Trinajstić information content (AvgIpc) is 3.35. The van der Waals surface area contributed by atoms with Crippen LogP contribution in [0.25, 0.3) is 0 Å². The number of ether oxygens (including phenoxy) is 2. The fourth-order valence-corrected chi connectivity index (χ4v) is 10.3. The average molecular weight is 1050 g/mol. The molecule has 0 bridgehead atoms. The zero-order valence-electron chi connectivity index (χ0n) is 49.7. The number of carbonyl (C=O) groups is 1. The summed E-state index contributed by atoms with van der Waals surface area (Å²) in [6.45, 7) is 5.70. The first-order valence-corrected chi connectivity index (χ1v) is 33.6. The van der Waals surface area contributed by atoms with E-state index in [0.29, 0.717) is 24.1 Å². The molecule has 0 spiro atoms. The number of rotatable bonds is 61. The van der Waals surface area contributed by atoms with Gasteiger partial charge in [0, 0.05) is 13.0 Å². The summed E-state index contributed by atoms with van der Waals surface area (Å²) in [7, 11) is 1.69. The van der Waals surface area contributed by atoms with Gasteiger partial charge in [0.05, 0.1) is 34.4 Å². The van der Waals surface area contributed by atoms with Crippen molar-refractivity contribution < 1.29 is 37.3 Å². The standard InChI is InChI=1S/C64H126NO7P/c1-6-8-10-12-14-16-18-20-22-24-26-28-30-32-34-36-38-40-42-44-46-48-50-52-54-56-59-69-61-63(62-71-73(67,68)70-60-58-65(3,4)5)72-64(66)57-55-53-51-49-47-45-43-41-39-37-35-33-31-29-27-25-23-21-19-17-15-13-11-9-7-2/h19,21,25,27,63H,6-18,20,22-24,26,28-62H2,1-5H3/p+1/b21-19-,27-25-. The molecule has 1 N–H and O–H groups in total. The van der Waals surface area contributed by atoms with Crippen LogP contribution in [0.2, 0.25) is 0 Å². The maximum Gasteiger partial charge on any atom is 0.472 e. The van der Waals surface area contributed by atoms with Crippen LogP contribution < -0.4 is 0 Å². The lowest BCUT2D eigenvalue weighted by Crippen LogP contribution is -2.37. The topological polar surface area (TPSA) is 91.3 Å². The molecule has 0 amide bonds. The van der Waals surface area contributed by atoms with E-state index in [0.717, 1.165) is 38.5 Å². The lowest BCUT2D eigenvalue weighted by atomic mass is 10.0. The molecule has 0 fully saturated rings. The van der Waals surface area contributed by atoms with E-state index in [4.69, 9.17) is 18.5 Å². The zero-order valence-corrected chi connectivity index (χ0v) is 50.5. The van der Waals surface area contributed by atoms with E-state index in [2.05, 4.69) is 38.2 Å². The van der Waals surface area contributed by atoms with Crippen molar-refractivity contribution >= 4 is 13.8 Å². The Bertz CT molecular complexity index is 1220. The minimum Gasteiger partial charge on any atom is -0.457 e. The fourth-order valence-electron chi connectivity index (χ4n) is 9.59. The van der Waals surface area contributed by atoms with Crippen molar-refractivity contribution in [3.63, 3.8) is 0 Å². The second-order valence-corrected chi connectivity index (χ2v) is 24.6. The first-order valence-electron chi connectivity index (χ1n) is 32.1. The maximum atomic E-state index is 12.8. The van der Waals surface area contributed by atoms with Crippen LogP contribution in [0, 0.1) is 0 Å². The van der Waals surface area contributed by atoms with Crippen molar-refractivity contribution in [3.05, 3.63) is 24.3 Å². The van der Waals surface area contributed by atoms with Crippen LogP contribution in [0.15, 0.2) is 24.3 Å². The van der Waals surface area contributed by atoms with Crippen molar-refractivity contribution in [1.82, 2.24) is 0 Å². The van der Waals surface area contributed by atoms with Gasteiger partial charge in [-0.1, -0.05) is 295 Å². The highest BCUT2D eigenvalue weighted by atomic mass is 31.2. The Morgan fingerprint density at radius 2 is 0.753 bits per heavy atom. The molecule has 0 heterocycles. The lowest BCUT2D eigenvalue weighted by molar-refractivity contribution is -0.870. The summed E-state index contributed by atoms with van der Waals surface area (Å²) >= 11 is 0. The maximum absolute atomic E-state index is 12.8. The van der Waals surface area contributed by atoms with Crippen LogP contribution in [-0.2, 0) is 27.9 Å². The van der Waals surface area contributed by atoms with Crippen molar-refractivity contribution in [1.29, 1.82) is 0 Å². The number of hydrogen-bond acceptors (Lipinski definition) is 6. The van der Waals surface area contributed by atoms with Crippen molar-refractivity contribution in [2.45, 2.75) is 328 Å². The van der Waals surface area contributed by atoms with E-state index in [1.165, 1.54) is 263 Å². The summed E-state index contributed by atoms with van der Waals surface area (Å²) in [5.41, 5.74) is 0. The van der Waals surface area contributed by atoms with Crippen LogP contribution in [0.5, 0.6) is 0 Å². The third kappa shape index (κ3) is 61.7. The molecule has 9 heteroatoms. The fraction of sp³-hybridized carbons (Fsp3) is 0.922. The summed E-state index contributed by atoms with van der Waals surface area (Å²) in [5.74, 6) is -0.306. The van der Waals surface area contributed by atoms with Gasteiger partial charge in [-0.05, 0) is 44.9 Å². The molecule has 0 aromatic heterocycles. The highest BCUT2D eigenvalue weighted by Crippen LogP contribution is 2.43. The van der Waals surface area contributed by atoms with Crippen LogP contribution in [0.3, 0.4) is 0 Å². The third-order valence-electron chi connectivity index (χ3n) is 14.5. The molecule has 0 aromatic rings. The zero-order chi connectivity index (χ0) is 53.3. The van der Waals surface area contributed by atoms with Crippen molar-refractivity contribution in [2.24, 2.45) is 0 Å². The number of phosphoric acid groups is 1. The molecule has 73 heavy (non-hydrogen) atoms. The van der Waals surface area contributed by atoms with Gasteiger partial charge in [0.25, 0.3) is 0 Å². The van der Waals surface area contributed by atoms with Gasteiger partial charge in [-0.15, -0.1) is 0 Å². The summed E-state index contributed by atoms with van der Waals surface area (Å²) in [6, 6.07) is 0. The smallest absolute Gasteiger partial charge is 0.457 e. The van der Waals surface area contributed by atoms with Crippen molar-refractivity contribution in [3.8, 4) is 0 Å². The normalized spacial score (nSPS) is 13.5. The van der Waals surface area contributed by atoms with Gasteiger partial charge >= 0.3 is 13.8 Å². The molecule has 2 atom stereocenters. The van der Waals surface area contributed by atoms with Crippen LogP contribution in [0.1, 0.15) is 322 Å². The van der Waals surface area contributed by atoms with Gasteiger partial charge in [-0.25, -0.2) is 4.57 Å². The number of quaternary nitrogens is 1. The predicted octanol–water partition coefficient (Wildman–Crippen LogP) is 20.6. The van der Waals surface area contributed by atoms with Crippen LogP contribution >= 0.6 is 7.82 Å². The van der Waals surface area contributed by atoms with Gasteiger partial charge < -0.3 is 18.9 Å². The Morgan fingerprint density at radius 3 is 1.11 bits per heavy atom. The second-order valence-electron chi connectivity index (χ2n) is 23.2. The first kappa shape index (κ1) is 72.0. The highest BCUT2D eigenvalue weighted by Gasteiger charge is 2.26. The molecule has 0 saturated carbocycles.